The zero-order chi connectivity index (χ0) is 12.1. The van der Waals surface area contributed by atoms with E-state index in [1.807, 2.05) is 19.1 Å². The number of anilines is 2. The molecular weight excluding hydrogens is 232 g/mol. The highest BCUT2D eigenvalue weighted by atomic mass is 32.1. The van der Waals surface area contributed by atoms with Gasteiger partial charge in [0, 0.05) is 35.6 Å². The number of aryl methyl sites for hydroxylation is 1. The highest BCUT2D eigenvalue weighted by Gasteiger charge is 1.99. The number of pyridine rings is 1. The molecule has 2 aromatic heterocycles. The predicted octanol–water partition coefficient (Wildman–Crippen LogP) is 2.89. The van der Waals surface area contributed by atoms with Gasteiger partial charge in [-0.1, -0.05) is 0 Å². The quantitative estimate of drug-likeness (QED) is 0.854. The monoisotopic (exact) mass is 248 g/mol. The predicted molar refractivity (Wildman–Crippen MR) is 72.6 cm³/mol. The molecule has 4 nitrogen and oxygen atoms in total. The zero-order valence-corrected chi connectivity index (χ0v) is 10.8. The highest BCUT2D eigenvalue weighted by Crippen LogP contribution is 2.14. The van der Waals surface area contributed by atoms with E-state index in [2.05, 4.69) is 32.9 Å². The van der Waals surface area contributed by atoms with Crippen molar-refractivity contribution in [2.24, 2.45) is 0 Å². The SMILES string of the molecule is CCNc1cc(NCc2nc(C)cs2)ccn1. The molecule has 2 aromatic rings. The van der Waals surface area contributed by atoms with Gasteiger partial charge in [-0.3, -0.25) is 0 Å². The first-order valence-corrected chi connectivity index (χ1v) is 6.50. The minimum Gasteiger partial charge on any atom is -0.378 e. The molecule has 17 heavy (non-hydrogen) atoms. The van der Waals surface area contributed by atoms with Crippen molar-refractivity contribution in [3.63, 3.8) is 0 Å². The van der Waals surface area contributed by atoms with E-state index in [1.54, 1.807) is 17.5 Å². The molecule has 0 aliphatic heterocycles. The van der Waals surface area contributed by atoms with E-state index in [0.29, 0.717) is 0 Å². The maximum absolute atomic E-state index is 4.41. The van der Waals surface area contributed by atoms with Gasteiger partial charge in [0.25, 0.3) is 0 Å². The van der Waals surface area contributed by atoms with Crippen molar-refractivity contribution in [2.75, 3.05) is 17.2 Å². The third-order valence-electron chi connectivity index (χ3n) is 2.23. The van der Waals surface area contributed by atoms with Crippen LogP contribution in [0.1, 0.15) is 17.6 Å². The molecule has 0 amide bonds. The van der Waals surface area contributed by atoms with Crippen molar-refractivity contribution < 1.29 is 0 Å². The number of nitrogens with one attached hydrogen (secondary N) is 2. The van der Waals surface area contributed by atoms with E-state index in [4.69, 9.17) is 0 Å². The van der Waals surface area contributed by atoms with Crippen LogP contribution < -0.4 is 10.6 Å². The van der Waals surface area contributed by atoms with Gasteiger partial charge in [-0.15, -0.1) is 11.3 Å². The van der Waals surface area contributed by atoms with Crippen LogP contribution in [0.4, 0.5) is 11.5 Å². The molecule has 2 heterocycles. The van der Waals surface area contributed by atoms with Crippen molar-refractivity contribution in [1.29, 1.82) is 0 Å². The lowest BCUT2D eigenvalue weighted by Gasteiger charge is -2.06. The molecule has 0 radical (unpaired) electrons. The Kier molecular flexibility index (Phi) is 3.93. The first-order valence-electron chi connectivity index (χ1n) is 5.62. The fraction of sp³-hybridized carbons (Fsp3) is 0.333. The summed E-state index contributed by atoms with van der Waals surface area (Å²) in [6.45, 7) is 5.70. The van der Waals surface area contributed by atoms with E-state index < -0.39 is 0 Å². The lowest BCUT2D eigenvalue weighted by molar-refractivity contribution is 1.07. The third-order valence-corrected chi connectivity index (χ3v) is 3.19. The molecule has 0 atom stereocenters. The molecular formula is C12H16N4S. The summed E-state index contributed by atoms with van der Waals surface area (Å²) in [7, 11) is 0. The van der Waals surface area contributed by atoms with E-state index in [9.17, 15) is 0 Å². The third kappa shape index (κ3) is 3.42. The van der Waals surface area contributed by atoms with Crippen molar-refractivity contribution in [2.45, 2.75) is 20.4 Å². The first-order chi connectivity index (χ1) is 8.28. The molecule has 5 heteroatoms. The van der Waals surface area contributed by atoms with Crippen LogP contribution in [-0.2, 0) is 6.54 Å². The van der Waals surface area contributed by atoms with Gasteiger partial charge in [0.05, 0.1) is 6.54 Å². The number of aromatic nitrogens is 2. The largest absolute Gasteiger partial charge is 0.378 e. The van der Waals surface area contributed by atoms with Crippen LogP contribution in [0.25, 0.3) is 0 Å². The fourth-order valence-corrected chi connectivity index (χ4v) is 2.19. The molecule has 0 spiro atoms. The molecule has 0 aliphatic rings. The van der Waals surface area contributed by atoms with Crippen LogP contribution in [0.3, 0.4) is 0 Å². The van der Waals surface area contributed by atoms with Crippen LogP contribution in [0.5, 0.6) is 0 Å². The molecule has 90 valence electrons. The summed E-state index contributed by atoms with van der Waals surface area (Å²) in [6.07, 6.45) is 1.80. The lowest BCUT2D eigenvalue weighted by atomic mass is 10.4. The summed E-state index contributed by atoms with van der Waals surface area (Å²) in [6, 6.07) is 3.96. The Morgan fingerprint density at radius 1 is 1.35 bits per heavy atom. The summed E-state index contributed by atoms with van der Waals surface area (Å²) >= 11 is 1.68. The van der Waals surface area contributed by atoms with Gasteiger partial charge in [0.1, 0.15) is 10.8 Å². The normalized spacial score (nSPS) is 10.2. The number of thiazole rings is 1. The Morgan fingerprint density at radius 2 is 2.24 bits per heavy atom. The van der Waals surface area contributed by atoms with Crippen LogP contribution >= 0.6 is 11.3 Å². The van der Waals surface area contributed by atoms with E-state index in [0.717, 1.165) is 35.3 Å². The maximum atomic E-state index is 4.41. The fourth-order valence-electron chi connectivity index (χ4n) is 1.48. The summed E-state index contributed by atoms with van der Waals surface area (Å²) in [5, 5.41) is 9.69. The van der Waals surface area contributed by atoms with Crippen molar-refractivity contribution in [3.8, 4) is 0 Å². The number of nitrogens with zero attached hydrogens (tertiary/aromatic N) is 2. The summed E-state index contributed by atoms with van der Waals surface area (Å²) in [4.78, 5) is 8.63. The molecule has 0 bridgehead atoms. The summed E-state index contributed by atoms with van der Waals surface area (Å²) < 4.78 is 0. The van der Waals surface area contributed by atoms with Gasteiger partial charge in [-0.25, -0.2) is 9.97 Å². The Bertz CT molecular complexity index is 481. The van der Waals surface area contributed by atoms with Gasteiger partial charge < -0.3 is 10.6 Å². The minimum atomic E-state index is 0.758. The number of hydrogen-bond acceptors (Lipinski definition) is 5. The van der Waals surface area contributed by atoms with Gasteiger partial charge in [0.15, 0.2) is 0 Å². The Hall–Kier alpha value is -1.62. The van der Waals surface area contributed by atoms with Crippen molar-refractivity contribution >= 4 is 22.8 Å². The standard InChI is InChI=1S/C12H16N4S/c1-3-13-11-6-10(4-5-14-11)15-7-12-16-9(2)8-17-12/h4-6,8H,3,7H2,1-2H3,(H2,13,14,15). The molecule has 2 N–H and O–H groups in total. The Balaban J connectivity index is 1.96. The van der Waals surface area contributed by atoms with E-state index in [-0.39, 0.29) is 0 Å². The second-order valence-electron chi connectivity index (χ2n) is 3.70. The second kappa shape index (κ2) is 5.63. The summed E-state index contributed by atoms with van der Waals surface area (Å²) in [5.41, 5.74) is 2.14. The van der Waals surface area contributed by atoms with Crippen molar-refractivity contribution in [3.05, 3.63) is 34.4 Å². The van der Waals surface area contributed by atoms with Crippen LogP contribution in [0, 0.1) is 6.92 Å². The maximum Gasteiger partial charge on any atom is 0.127 e. The average Bonchev–Trinajstić information content (AvgIpc) is 2.74. The molecule has 0 fully saturated rings. The minimum absolute atomic E-state index is 0.758. The van der Waals surface area contributed by atoms with Gasteiger partial charge in [-0.05, 0) is 19.9 Å². The topological polar surface area (TPSA) is 49.8 Å². The molecule has 2 rings (SSSR count). The summed E-state index contributed by atoms with van der Waals surface area (Å²) in [5.74, 6) is 0.896. The molecule has 0 aliphatic carbocycles. The Labute approximate surface area is 105 Å². The van der Waals surface area contributed by atoms with Gasteiger partial charge >= 0.3 is 0 Å². The van der Waals surface area contributed by atoms with Crippen LogP contribution in [0.15, 0.2) is 23.7 Å². The number of hydrogen-bond donors (Lipinski definition) is 2. The second-order valence-corrected chi connectivity index (χ2v) is 4.64. The zero-order valence-electron chi connectivity index (χ0n) is 10.0. The Morgan fingerprint density at radius 3 is 2.94 bits per heavy atom. The van der Waals surface area contributed by atoms with E-state index in [1.165, 1.54) is 0 Å². The van der Waals surface area contributed by atoms with Gasteiger partial charge in [-0.2, -0.15) is 0 Å². The van der Waals surface area contributed by atoms with Gasteiger partial charge in [0.2, 0.25) is 0 Å². The van der Waals surface area contributed by atoms with E-state index >= 15 is 0 Å². The van der Waals surface area contributed by atoms with Crippen LogP contribution in [0.2, 0.25) is 0 Å². The lowest BCUT2D eigenvalue weighted by Crippen LogP contribution is -2.02. The molecule has 0 saturated carbocycles. The molecule has 0 unspecified atom stereocenters. The average molecular weight is 248 g/mol. The first kappa shape index (κ1) is 11.9. The van der Waals surface area contributed by atoms with Crippen LogP contribution in [-0.4, -0.2) is 16.5 Å². The van der Waals surface area contributed by atoms with Crippen molar-refractivity contribution in [1.82, 2.24) is 9.97 Å². The highest BCUT2D eigenvalue weighted by molar-refractivity contribution is 7.09. The molecule has 0 saturated heterocycles. The number of rotatable bonds is 5. The smallest absolute Gasteiger partial charge is 0.127 e. The molecule has 0 aromatic carbocycles.